The molecule has 8 nitrogen and oxygen atoms in total. The normalized spacial score (nSPS) is 12.0. The largest absolute Gasteiger partial charge is 0.450 e. The number of amides is 1. The zero-order valence-corrected chi connectivity index (χ0v) is 15.6. The van der Waals surface area contributed by atoms with Crippen LogP contribution in [0.2, 0.25) is 5.02 Å². The summed E-state index contributed by atoms with van der Waals surface area (Å²) in [6.45, 7) is 1.38. The van der Waals surface area contributed by atoms with Gasteiger partial charge in [-0.15, -0.1) is 0 Å². The third-order valence-electron chi connectivity index (χ3n) is 3.06. The van der Waals surface area contributed by atoms with Crippen LogP contribution in [0.15, 0.2) is 45.5 Å². The molecule has 0 aliphatic heterocycles. The number of esters is 1. The van der Waals surface area contributed by atoms with Gasteiger partial charge in [-0.25, -0.2) is 4.79 Å². The molecule has 1 amide bonds. The van der Waals surface area contributed by atoms with Crippen molar-refractivity contribution in [3.63, 3.8) is 0 Å². The summed E-state index contributed by atoms with van der Waals surface area (Å²) >= 11 is 9.03. The molecule has 1 aromatic carbocycles. The monoisotopic (exact) mass is 442 g/mol. The number of nitro groups is 1. The third-order valence-corrected chi connectivity index (χ3v) is 3.80. The second-order valence-corrected chi connectivity index (χ2v) is 6.15. The van der Waals surface area contributed by atoms with Gasteiger partial charge in [0, 0.05) is 18.2 Å². The number of hydrogen-bond donors (Lipinski definition) is 1. The number of rotatable bonds is 6. The quantitative estimate of drug-likeness (QED) is 0.310. The molecular formula is C16H12BrClN2O6. The number of non-ortho nitro benzene ring substituents is 1. The van der Waals surface area contributed by atoms with Crippen molar-refractivity contribution in [1.29, 1.82) is 0 Å². The van der Waals surface area contributed by atoms with E-state index in [0.717, 1.165) is 12.1 Å². The van der Waals surface area contributed by atoms with Gasteiger partial charge in [0.2, 0.25) is 0 Å². The minimum absolute atomic E-state index is 0.00521. The molecule has 1 N–H and O–H groups in total. The summed E-state index contributed by atoms with van der Waals surface area (Å²) in [7, 11) is 0. The van der Waals surface area contributed by atoms with Crippen molar-refractivity contribution in [3.8, 4) is 0 Å². The van der Waals surface area contributed by atoms with Crippen LogP contribution < -0.4 is 5.32 Å². The number of anilines is 1. The molecule has 1 heterocycles. The first-order valence-electron chi connectivity index (χ1n) is 7.15. The van der Waals surface area contributed by atoms with Crippen molar-refractivity contribution in [1.82, 2.24) is 0 Å². The van der Waals surface area contributed by atoms with Crippen LogP contribution >= 0.6 is 27.5 Å². The number of halogens is 2. The topological polar surface area (TPSA) is 112 Å². The SMILES string of the molecule is CC(OC(=O)C=Cc1ccc(Br)o1)C(=O)Nc1ccc([N+](=O)[O-])cc1Cl. The van der Waals surface area contributed by atoms with Crippen LogP contribution in [-0.2, 0) is 14.3 Å². The van der Waals surface area contributed by atoms with Crippen molar-refractivity contribution in [2.75, 3.05) is 5.32 Å². The first-order chi connectivity index (χ1) is 12.3. The molecule has 0 fully saturated rings. The Morgan fingerprint density at radius 3 is 2.69 bits per heavy atom. The van der Waals surface area contributed by atoms with Crippen molar-refractivity contribution >= 4 is 56.9 Å². The Morgan fingerprint density at radius 2 is 2.12 bits per heavy atom. The van der Waals surface area contributed by atoms with Gasteiger partial charge in [-0.1, -0.05) is 11.6 Å². The highest BCUT2D eigenvalue weighted by molar-refractivity contribution is 9.10. The van der Waals surface area contributed by atoms with Gasteiger partial charge in [0.25, 0.3) is 11.6 Å². The maximum Gasteiger partial charge on any atom is 0.331 e. The highest BCUT2D eigenvalue weighted by Crippen LogP contribution is 2.26. The lowest BCUT2D eigenvalue weighted by Gasteiger charge is -2.13. The van der Waals surface area contributed by atoms with E-state index in [2.05, 4.69) is 21.2 Å². The second kappa shape index (κ2) is 8.63. The Hall–Kier alpha value is -2.65. The predicted molar refractivity (Wildman–Crippen MR) is 97.7 cm³/mol. The number of benzene rings is 1. The first kappa shape index (κ1) is 19.7. The molecule has 0 aliphatic carbocycles. The van der Waals surface area contributed by atoms with Gasteiger partial charge in [0.15, 0.2) is 10.8 Å². The molecule has 0 saturated carbocycles. The average molecular weight is 444 g/mol. The molecule has 0 saturated heterocycles. The molecule has 2 aromatic rings. The minimum Gasteiger partial charge on any atom is -0.450 e. The highest BCUT2D eigenvalue weighted by Gasteiger charge is 2.19. The summed E-state index contributed by atoms with van der Waals surface area (Å²) in [5.74, 6) is -0.943. The van der Waals surface area contributed by atoms with Gasteiger partial charge in [0.05, 0.1) is 15.6 Å². The van der Waals surface area contributed by atoms with Gasteiger partial charge in [-0.2, -0.15) is 0 Å². The first-order valence-corrected chi connectivity index (χ1v) is 8.32. The molecule has 0 radical (unpaired) electrons. The van der Waals surface area contributed by atoms with Crippen molar-refractivity contribution < 1.29 is 23.7 Å². The van der Waals surface area contributed by atoms with E-state index in [1.54, 1.807) is 12.1 Å². The highest BCUT2D eigenvalue weighted by atomic mass is 79.9. The minimum atomic E-state index is -1.11. The Labute approximate surface area is 161 Å². The number of carbonyl (C=O) groups excluding carboxylic acids is 2. The third kappa shape index (κ3) is 5.43. The van der Waals surface area contributed by atoms with Gasteiger partial charge in [0.1, 0.15) is 5.76 Å². The van der Waals surface area contributed by atoms with Crippen LogP contribution in [0.3, 0.4) is 0 Å². The van der Waals surface area contributed by atoms with Crippen LogP contribution in [0.4, 0.5) is 11.4 Å². The van der Waals surface area contributed by atoms with Crippen LogP contribution in [0.5, 0.6) is 0 Å². The smallest absolute Gasteiger partial charge is 0.331 e. The summed E-state index contributed by atoms with van der Waals surface area (Å²) in [4.78, 5) is 33.9. The Morgan fingerprint density at radius 1 is 1.38 bits per heavy atom. The standard InChI is InChI=1S/C16H12BrClN2O6/c1-9(25-15(21)7-4-11-3-6-14(17)26-11)16(22)19-13-5-2-10(20(23)24)8-12(13)18/h2-9H,1H3,(H,19,22). The van der Waals surface area contributed by atoms with Gasteiger partial charge < -0.3 is 14.5 Å². The number of carbonyl (C=O) groups is 2. The lowest BCUT2D eigenvalue weighted by Crippen LogP contribution is -2.29. The zero-order valence-electron chi connectivity index (χ0n) is 13.3. The van der Waals surface area contributed by atoms with E-state index < -0.39 is 22.9 Å². The summed E-state index contributed by atoms with van der Waals surface area (Å²) in [5.41, 5.74) is -0.0386. The fraction of sp³-hybridized carbons (Fsp3) is 0.125. The van der Waals surface area contributed by atoms with E-state index >= 15 is 0 Å². The number of furan rings is 1. The molecule has 0 spiro atoms. The molecule has 2 rings (SSSR count). The van der Waals surface area contributed by atoms with Crippen molar-refractivity contribution in [2.24, 2.45) is 0 Å². The molecule has 10 heteroatoms. The lowest BCUT2D eigenvalue weighted by atomic mass is 10.2. The van der Waals surface area contributed by atoms with Crippen LogP contribution in [0, 0.1) is 10.1 Å². The van der Waals surface area contributed by atoms with Gasteiger partial charge in [-0.3, -0.25) is 14.9 Å². The van der Waals surface area contributed by atoms with Gasteiger partial charge >= 0.3 is 5.97 Å². The van der Waals surface area contributed by atoms with Gasteiger partial charge in [-0.05, 0) is 47.1 Å². The van der Waals surface area contributed by atoms with Crippen LogP contribution in [0.1, 0.15) is 12.7 Å². The van der Waals surface area contributed by atoms with Crippen molar-refractivity contribution in [2.45, 2.75) is 13.0 Å². The molecule has 26 heavy (non-hydrogen) atoms. The van der Waals surface area contributed by atoms with E-state index in [1.807, 2.05) is 0 Å². The predicted octanol–water partition coefficient (Wildman–Crippen LogP) is 4.19. The van der Waals surface area contributed by atoms with Crippen LogP contribution in [-0.4, -0.2) is 22.9 Å². The zero-order chi connectivity index (χ0) is 19.3. The molecule has 1 atom stereocenters. The van der Waals surface area contributed by atoms with E-state index in [4.69, 9.17) is 20.8 Å². The fourth-order valence-corrected chi connectivity index (χ4v) is 2.33. The maximum atomic E-state index is 12.1. The fourth-order valence-electron chi connectivity index (χ4n) is 1.79. The summed E-state index contributed by atoms with van der Waals surface area (Å²) < 4.78 is 10.7. The van der Waals surface area contributed by atoms with Crippen LogP contribution in [0.25, 0.3) is 6.08 Å². The Kier molecular flexibility index (Phi) is 6.53. The Bertz CT molecular complexity index is 879. The summed E-state index contributed by atoms with van der Waals surface area (Å²) in [6, 6.07) is 6.90. The lowest BCUT2D eigenvalue weighted by molar-refractivity contribution is -0.384. The summed E-state index contributed by atoms with van der Waals surface area (Å²) in [6.07, 6.45) is 1.40. The molecule has 0 aliphatic rings. The number of ether oxygens (including phenoxy) is 1. The molecule has 0 bridgehead atoms. The molecule has 136 valence electrons. The van der Waals surface area contributed by atoms with Crippen molar-refractivity contribution in [3.05, 3.63) is 62.0 Å². The van der Waals surface area contributed by atoms with E-state index in [-0.39, 0.29) is 16.4 Å². The second-order valence-electron chi connectivity index (χ2n) is 4.96. The molecular weight excluding hydrogens is 432 g/mol. The number of nitrogens with one attached hydrogen (secondary N) is 1. The maximum absolute atomic E-state index is 12.1. The van der Waals surface area contributed by atoms with E-state index in [0.29, 0.717) is 10.4 Å². The number of nitro benzene ring substituents is 1. The number of nitrogens with zero attached hydrogens (tertiary/aromatic N) is 1. The molecule has 1 aromatic heterocycles. The number of hydrogen-bond acceptors (Lipinski definition) is 6. The van der Waals surface area contributed by atoms with E-state index in [1.165, 1.54) is 25.1 Å². The molecule has 1 unspecified atom stereocenters. The summed E-state index contributed by atoms with van der Waals surface area (Å²) in [5, 5.41) is 13.1. The Balaban J connectivity index is 1.93. The average Bonchev–Trinajstić information content (AvgIpc) is 3.00. The van der Waals surface area contributed by atoms with E-state index in [9.17, 15) is 19.7 Å².